The van der Waals surface area contributed by atoms with Crippen LogP contribution in [0.2, 0.25) is 0 Å². The summed E-state index contributed by atoms with van der Waals surface area (Å²) >= 11 is 0. The third-order valence-electron chi connectivity index (χ3n) is 7.43. The van der Waals surface area contributed by atoms with Crippen molar-refractivity contribution in [2.75, 3.05) is 0 Å². The highest BCUT2D eigenvalue weighted by molar-refractivity contribution is 5.99. The molecule has 33 heavy (non-hydrogen) atoms. The number of hydrogen-bond donors (Lipinski definition) is 3. The Morgan fingerprint density at radius 3 is 2.52 bits per heavy atom. The zero-order valence-corrected chi connectivity index (χ0v) is 19.8. The molecule has 178 valence electrons. The fraction of sp³-hybridized carbons (Fsp3) is 0.577. The number of aliphatic hydroxyl groups is 1. The smallest absolute Gasteiger partial charge is 0.315 e. The Morgan fingerprint density at radius 2 is 1.85 bits per heavy atom. The van der Waals surface area contributed by atoms with Crippen LogP contribution in [0.3, 0.4) is 0 Å². The number of urea groups is 1. The van der Waals surface area contributed by atoms with Crippen molar-refractivity contribution in [3.63, 3.8) is 0 Å². The first-order valence-electron chi connectivity index (χ1n) is 12.0. The van der Waals surface area contributed by atoms with Crippen molar-refractivity contribution in [2.24, 2.45) is 11.3 Å². The molecule has 1 saturated carbocycles. The highest BCUT2D eigenvalue weighted by Crippen LogP contribution is 2.37. The van der Waals surface area contributed by atoms with Crippen LogP contribution >= 0.6 is 0 Å². The average molecular weight is 454 g/mol. The highest BCUT2D eigenvalue weighted by Gasteiger charge is 2.36. The van der Waals surface area contributed by atoms with Crippen LogP contribution in [0.15, 0.2) is 30.0 Å². The standard InChI is InChI=1S/C26H35N3O4/c1-26(2,3)18-5-7-19(8-6-18)28-25(33)27-14-16-4-10-21-17(12-16)15-29(24(21)32)22-11-9-20(30)13-23(22)31/h4,10,12-13,18-19,22,31H,5-9,11,14-15H2,1-3H3,(H2,27,28,33). The van der Waals surface area contributed by atoms with Crippen molar-refractivity contribution < 1.29 is 19.5 Å². The van der Waals surface area contributed by atoms with Gasteiger partial charge < -0.3 is 20.6 Å². The molecule has 1 aliphatic heterocycles. The second-order valence-electron chi connectivity index (χ2n) is 10.8. The predicted octanol–water partition coefficient (Wildman–Crippen LogP) is 4.22. The van der Waals surface area contributed by atoms with Crippen LogP contribution in [0.5, 0.6) is 0 Å². The van der Waals surface area contributed by atoms with Crippen molar-refractivity contribution in [2.45, 2.75) is 84.5 Å². The number of benzene rings is 1. The fourth-order valence-electron chi connectivity index (χ4n) is 5.36. The van der Waals surface area contributed by atoms with Gasteiger partial charge in [0.1, 0.15) is 5.76 Å². The third-order valence-corrected chi connectivity index (χ3v) is 7.43. The number of allylic oxidation sites excluding steroid dienone is 1. The van der Waals surface area contributed by atoms with Gasteiger partial charge in [-0.2, -0.15) is 0 Å². The van der Waals surface area contributed by atoms with Crippen LogP contribution in [-0.2, 0) is 17.9 Å². The lowest BCUT2D eigenvalue weighted by molar-refractivity contribution is -0.115. The van der Waals surface area contributed by atoms with E-state index >= 15 is 0 Å². The van der Waals surface area contributed by atoms with E-state index in [0.717, 1.165) is 36.8 Å². The second-order valence-corrected chi connectivity index (χ2v) is 10.8. The minimum atomic E-state index is -0.455. The molecule has 1 aromatic carbocycles. The number of ketones is 1. The number of hydrogen-bond acceptors (Lipinski definition) is 4. The minimum absolute atomic E-state index is 0.0394. The molecule has 1 fully saturated rings. The maximum Gasteiger partial charge on any atom is 0.315 e. The number of nitrogens with one attached hydrogen (secondary N) is 2. The van der Waals surface area contributed by atoms with Gasteiger partial charge in [0, 0.05) is 37.2 Å². The number of rotatable bonds is 4. The minimum Gasteiger partial charge on any atom is -0.510 e. The summed E-state index contributed by atoms with van der Waals surface area (Å²) in [5.74, 6) is 0.426. The molecule has 0 bridgehead atoms. The lowest BCUT2D eigenvalue weighted by Gasteiger charge is -2.37. The molecular formula is C26H35N3O4. The van der Waals surface area contributed by atoms with Gasteiger partial charge in [0.25, 0.3) is 5.91 Å². The largest absolute Gasteiger partial charge is 0.510 e. The maximum absolute atomic E-state index is 12.8. The normalized spacial score (nSPS) is 25.5. The number of aliphatic hydroxyl groups excluding tert-OH is 1. The molecule has 0 aromatic heterocycles. The van der Waals surface area contributed by atoms with Crippen LogP contribution in [-0.4, -0.2) is 39.8 Å². The van der Waals surface area contributed by atoms with E-state index in [9.17, 15) is 19.5 Å². The first kappa shape index (κ1) is 23.3. The quantitative estimate of drug-likeness (QED) is 0.636. The van der Waals surface area contributed by atoms with Crippen molar-refractivity contribution >= 4 is 17.7 Å². The van der Waals surface area contributed by atoms with Gasteiger partial charge in [-0.15, -0.1) is 0 Å². The summed E-state index contributed by atoms with van der Waals surface area (Å²) in [6.07, 6.45) is 6.31. The zero-order chi connectivity index (χ0) is 23.8. The summed E-state index contributed by atoms with van der Waals surface area (Å²) in [6, 6.07) is 5.19. The number of nitrogens with zero attached hydrogens (tertiary/aromatic N) is 1. The molecule has 3 aliphatic rings. The predicted molar refractivity (Wildman–Crippen MR) is 126 cm³/mol. The number of carbonyl (C=O) groups is 3. The van der Waals surface area contributed by atoms with E-state index < -0.39 is 6.04 Å². The van der Waals surface area contributed by atoms with Gasteiger partial charge in [-0.25, -0.2) is 4.79 Å². The Balaban J connectivity index is 1.29. The molecule has 3 N–H and O–H groups in total. The molecule has 1 unspecified atom stereocenters. The van der Waals surface area contributed by atoms with E-state index in [0.29, 0.717) is 42.8 Å². The molecule has 3 amide bonds. The monoisotopic (exact) mass is 453 g/mol. The molecule has 4 rings (SSSR count). The Labute approximate surface area is 195 Å². The SMILES string of the molecule is CC(C)(C)C1CCC(NC(=O)NCc2ccc3c(c2)CN(C2CCC(=O)C=C2O)C3=O)CC1. The van der Waals surface area contributed by atoms with E-state index in [4.69, 9.17) is 0 Å². The second kappa shape index (κ2) is 9.20. The molecule has 0 radical (unpaired) electrons. The summed E-state index contributed by atoms with van der Waals surface area (Å²) in [4.78, 5) is 38.4. The van der Waals surface area contributed by atoms with Crippen LogP contribution < -0.4 is 10.6 Å². The molecule has 0 spiro atoms. The van der Waals surface area contributed by atoms with Gasteiger partial charge in [0.2, 0.25) is 0 Å². The van der Waals surface area contributed by atoms with Crippen LogP contribution in [0.1, 0.15) is 80.8 Å². The fourth-order valence-corrected chi connectivity index (χ4v) is 5.36. The molecule has 7 heteroatoms. The molecule has 2 aliphatic carbocycles. The molecule has 7 nitrogen and oxygen atoms in total. The summed E-state index contributed by atoms with van der Waals surface area (Å²) in [6.45, 7) is 7.64. The number of amides is 3. The van der Waals surface area contributed by atoms with E-state index in [1.165, 1.54) is 6.08 Å². The summed E-state index contributed by atoms with van der Waals surface area (Å²) in [5.41, 5.74) is 2.74. The lowest BCUT2D eigenvalue weighted by Crippen LogP contribution is -2.44. The van der Waals surface area contributed by atoms with Crippen molar-refractivity contribution in [3.8, 4) is 0 Å². The highest BCUT2D eigenvalue weighted by atomic mass is 16.3. The van der Waals surface area contributed by atoms with E-state index in [1.54, 1.807) is 11.0 Å². The van der Waals surface area contributed by atoms with Gasteiger partial charge in [-0.1, -0.05) is 32.9 Å². The first-order chi connectivity index (χ1) is 15.6. The Kier molecular flexibility index (Phi) is 6.50. The zero-order valence-electron chi connectivity index (χ0n) is 19.8. The average Bonchev–Trinajstić information content (AvgIpc) is 3.07. The van der Waals surface area contributed by atoms with Crippen molar-refractivity contribution in [1.82, 2.24) is 15.5 Å². The summed E-state index contributed by atoms with van der Waals surface area (Å²) in [5, 5.41) is 16.2. The molecule has 1 aromatic rings. The first-order valence-corrected chi connectivity index (χ1v) is 12.0. The van der Waals surface area contributed by atoms with Gasteiger partial charge in [0.05, 0.1) is 6.04 Å². The molecule has 1 atom stereocenters. The molecular weight excluding hydrogens is 418 g/mol. The summed E-state index contributed by atoms with van der Waals surface area (Å²) < 4.78 is 0. The number of fused-ring (bicyclic) bond motifs is 1. The van der Waals surface area contributed by atoms with Crippen molar-refractivity contribution in [1.29, 1.82) is 0 Å². The Hall–Kier alpha value is -2.83. The van der Waals surface area contributed by atoms with Crippen LogP contribution in [0.25, 0.3) is 0 Å². The Morgan fingerprint density at radius 1 is 1.12 bits per heavy atom. The van der Waals surface area contributed by atoms with Gasteiger partial charge in [0.15, 0.2) is 5.78 Å². The molecule has 0 saturated heterocycles. The van der Waals surface area contributed by atoms with Gasteiger partial charge >= 0.3 is 6.03 Å². The topological polar surface area (TPSA) is 98.7 Å². The van der Waals surface area contributed by atoms with Gasteiger partial charge in [-0.3, -0.25) is 9.59 Å². The third kappa shape index (κ3) is 5.23. The van der Waals surface area contributed by atoms with E-state index in [2.05, 4.69) is 31.4 Å². The Bertz CT molecular complexity index is 970. The lowest BCUT2D eigenvalue weighted by atomic mass is 9.71. The van der Waals surface area contributed by atoms with Crippen LogP contribution in [0.4, 0.5) is 4.79 Å². The van der Waals surface area contributed by atoms with Gasteiger partial charge in [-0.05, 0) is 60.6 Å². The summed E-state index contributed by atoms with van der Waals surface area (Å²) in [7, 11) is 0. The van der Waals surface area contributed by atoms with E-state index in [1.807, 2.05) is 12.1 Å². The van der Waals surface area contributed by atoms with Crippen molar-refractivity contribution in [3.05, 3.63) is 46.7 Å². The van der Waals surface area contributed by atoms with Crippen LogP contribution in [0, 0.1) is 11.3 Å². The molecule has 1 heterocycles. The maximum atomic E-state index is 12.8. The van der Waals surface area contributed by atoms with E-state index in [-0.39, 0.29) is 29.5 Å². The number of carbonyl (C=O) groups excluding carboxylic acids is 3.